The second-order valence-corrected chi connectivity index (χ2v) is 6.62. The third-order valence-corrected chi connectivity index (χ3v) is 4.77. The Morgan fingerprint density at radius 3 is 2.70 bits per heavy atom. The molecule has 1 fully saturated rings. The molecule has 0 radical (unpaired) electrons. The number of hydrogen-bond acceptors (Lipinski definition) is 4. The molecule has 1 unspecified atom stereocenters. The molecule has 1 atom stereocenters. The summed E-state index contributed by atoms with van der Waals surface area (Å²) in [5.74, 6) is 1.48. The molecular formula is C17H25ClN2O2S. The second-order valence-electron chi connectivity index (χ2n) is 5.63. The largest absolute Gasteiger partial charge is 0.355 e. The molecule has 0 bridgehead atoms. The Balaban J connectivity index is 0.00000264. The summed E-state index contributed by atoms with van der Waals surface area (Å²) in [4.78, 5) is 23.6. The minimum absolute atomic E-state index is 0. The molecular weight excluding hydrogens is 332 g/mol. The zero-order chi connectivity index (χ0) is 15.6. The van der Waals surface area contributed by atoms with E-state index in [1.807, 2.05) is 18.2 Å². The minimum Gasteiger partial charge on any atom is -0.355 e. The van der Waals surface area contributed by atoms with Crippen LogP contribution < -0.4 is 10.6 Å². The molecule has 2 rings (SSSR count). The smallest absolute Gasteiger partial charge is 0.230 e. The highest BCUT2D eigenvalue weighted by Crippen LogP contribution is 2.13. The fraction of sp³-hybridized carbons (Fsp3) is 0.529. The average Bonchev–Trinajstić information content (AvgIpc) is 2.56. The van der Waals surface area contributed by atoms with E-state index in [0.29, 0.717) is 23.0 Å². The molecule has 1 aromatic rings. The summed E-state index contributed by atoms with van der Waals surface area (Å²) in [6.07, 6.45) is 3.52. The van der Waals surface area contributed by atoms with Crippen molar-refractivity contribution in [2.45, 2.75) is 19.3 Å². The zero-order valence-electron chi connectivity index (χ0n) is 13.3. The van der Waals surface area contributed by atoms with E-state index in [4.69, 9.17) is 0 Å². The van der Waals surface area contributed by atoms with Crippen molar-refractivity contribution in [1.82, 2.24) is 10.6 Å². The molecule has 128 valence electrons. The van der Waals surface area contributed by atoms with Gasteiger partial charge in [-0.05, 0) is 38.3 Å². The topological polar surface area (TPSA) is 58.2 Å². The van der Waals surface area contributed by atoms with Crippen LogP contribution in [0.25, 0.3) is 0 Å². The van der Waals surface area contributed by atoms with Gasteiger partial charge in [-0.25, -0.2) is 0 Å². The van der Waals surface area contributed by atoms with Gasteiger partial charge in [-0.2, -0.15) is 0 Å². The summed E-state index contributed by atoms with van der Waals surface area (Å²) < 4.78 is 0. The first-order chi connectivity index (χ1) is 10.8. The fourth-order valence-corrected chi connectivity index (χ4v) is 3.32. The molecule has 4 nitrogen and oxygen atoms in total. The number of thioether (sulfide) groups is 1. The highest BCUT2D eigenvalue weighted by Gasteiger charge is 2.13. The van der Waals surface area contributed by atoms with Gasteiger partial charge in [-0.1, -0.05) is 30.3 Å². The van der Waals surface area contributed by atoms with E-state index in [9.17, 15) is 9.59 Å². The summed E-state index contributed by atoms with van der Waals surface area (Å²) >= 11 is 1.38. The SMILES string of the molecule is Cl.O=C(CSCC(=O)c1ccccc1)NCCC1CCCNC1. The molecule has 1 heterocycles. The quantitative estimate of drug-likeness (QED) is 0.703. The van der Waals surface area contributed by atoms with Crippen LogP contribution in [-0.4, -0.2) is 42.8 Å². The van der Waals surface area contributed by atoms with Crippen molar-refractivity contribution in [2.75, 3.05) is 31.1 Å². The molecule has 1 aliphatic rings. The molecule has 23 heavy (non-hydrogen) atoms. The van der Waals surface area contributed by atoms with Crippen LogP contribution in [0.1, 0.15) is 29.6 Å². The number of rotatable bonds is 8. The van der Waals surface area contributed by atoms with Crippen LogP contribution >= 0.6 is 24.2 Å². The first-order valence-corrected chi connectivity index (χ1v) is 9.04. The number of carbonyl (C=O) groups is 2. The van der Waals surface area contributed by atoms with E-state index in [0.717, 1.165) is 26.1 Å². The maximum Gasteiger partial charge on any atom is 0.230 e. The third kappa shape index (κ3) is 7.86. The summed E-state index contributed by atoms with van der Waals surface area (Å²) in [6, 6.07) is 9.21. The highest BCUT2D eigenvalue weighted by molar-refractivity contribution is 8.00. The van der Waals surface area contributed by atoms with Gasteiger partial charge in [0.05, 0.1) is 11.5 Å². The van der Waals surface area contributed by atoms with Gasteiger partial charge in [0.2, 0.25) is 5.91 Å². The van der Waals surface area contributed by atoms with Crippen molar-refractivity contribution in [3.8, 4) is 0 Å². The van der Waals surface area contributed by atoms with Crippen molar-refractivity contribution in [3.63, 3.8) is 0 Å². The average molecular weight is 357 g/mol. The highest BCUT2D eigenvalue weighted by atomic mass is 35.5. The summed E-state index contributed by atoms with van der Waals surface area (Å²) in [5.41, 5.74) is 0.709. The first kappa shape index (κ1) is 20.0. The van der Waals surface area contributed by atoms with Gasteiger partial charge in [0.25, 0.3) is 0 Å². The van der Waals surface area contributed by atoms with Crippen molar-refractivity contribution < 1.29 is 9.59 Å². The molecule has 1 aliphatic heterocycles. The van der Waals surface area contributed by atoms with Crippen LogP contribution in [0.3, 0.4) is 0 Å². The number of hydrogen-bond donors (Lipinski definition) is 2. The van der Waals surface area contributed by atoms with Crippen molar-refractivity contribution in [2.24, 2.45) is 5.92 Å². The lowest BCUT2D eigenvalue weighted by molar-refractivity contribution is -0.118. The Morgan fingerprint density at radius 2 is 2.00 bits per heavy atom. The van der Waals surface area contributed by atoms with Gasteiger partial charge in [-0.15, -0.1) is 24.2 Å². The molecule has 1 amide bonds. The first-order valence-electron chi connectivity index (χ1n) is 7.89. The fourth-order valence-electron chi connectivity index (χ4n) is 2.58. The zero-order valence-corrected chi connectivity index (χ0v) is 14.9. The van der Waals surface area contributed by atoms with Crippen LogP contribution in [0.15, 0.2) is 30.3 Å². The molecule has 2 N–H and O–H groups in total. The van der Waals surface area contributed by atoms with Crippen LogP contribution in [-0.2, 0) is 4.79 Å². The van der Waals surface area contributed by atoms with Crippen LogP contribution in [0.5, 0.6) is 0 Å². The number of benzene rings is 1. The molecule has 0 aliphatic carbocycles. The standard InChI is InChI=1S/C17H24N2O2S.ClH/c20-16(15-6-2-1-3-7-15)12-22-13-17(21)19-10-8-14-5-4-9-18-11-14;/h1-3,6-7,14,18H,4-5,8-13H2,(H,19,21);1H. The predicted octanol–water partition coefficient (Wildman–Crippen LogP) is 2.53. The van der Waals surface area contributed by atoms with E-state index in [2.05, 4.69) is 10.6 Å². The number of ketones is 1. The predicted molar refractivity (Wildman–Crippen MR) is 98.6 cm³/mol. The van der Waals surface area contributed by atoms with E-state index in [1.165, 1.54) is 24.6 Å². The van der Waals surface area contributed by atoms with Gasteiger partial charge in [-0.3, -0.25) is 9.59 Å². The van der Waals surface area contributed by atoms with Crippen LogP contribution in [0.4, 0.5) is 0 Å². The Labute approximate surface area is 148 Å². The van der Waals surface area contributed by atoms with E-state index < -0.39 is 0 Å². The van der Waals surface area contributed by atoms with Gasteiger partial charge in [0.15, 0.2) is 5.78 Å². The summed E-state index contributed by atoms with van der Waals surface area (Å²) in [6.45, 7) is 2.92. The number of piperidine rings is 1. The summed E-state index contributed by atoms with van der Waals surface area (Å²) in [7, 11) is 0. The number of halogens is 1. The normalized spacial score (nSPS) is 17.1. The van der Waals surface area contributed by atoms with Gasteiger partial charge in [0.1, 0.15) is 0 Å². The van der Waals surface area contributed by atoms with Crippen LogP contribution in [0, 0.1) is 5.92 Å². The van der Waals surface area contributed by atoms with Crippen LogP contribution in [0.2, 0.25) is 0 Å². The Morgan fingerprint density at radius 1 is 1.22 bits per heavy atom. The molecule has 0 aromatic heterocycles. The Bertz CT molecular complexity index is 479. The second kappa shape index (κ2) is 11.5. The van der Waals surface area contributed by atoms with Crippen molar-refractivity contribution >= 4 is 35.9 Å². The van der Waals surface area contributed by atoms with Gasteiger partial charge in [0, 0.05) is 12.1 Å². The number of Topliss-reactive ketones (excluding diaryl/α,β-unsaturated/α-hetero) is 1. The lowest BCUT2D eigenvalue weighted by Gasteiger charge is -2.22. The lowest BCUT2D eigenvalue weighted by Crippen LogP contribution is -2.33. The summed E-state index contributed by atoms with van der Waals surface area (Å²) in [5, 5.41) is 6.33. The minimum atomic E-state index is 0. The number of amides is 1. The third-order valence-electron chi connectivity index (χ3n) is 3.84. The molecule has 1 aromatic carbocycles. The Hall–Kier alpha value is -1.04. The maximum atomic E-state index is 11.9. The van der Waals surface area contributed by atoms with Crippen molar-refractivity contribution in [1.29, 1.82) is 0 Å². The number of carbonyl (C=O) groups excluding carboxylic acids is 2. The lowest BCUT2D eigenvalue weighted by atomic mass is 9.96. The van der Waals surface area contributed by atoms with Gasteiger partial charge < -0.3 is 10.6 Å². The van der Waals surface area contributed by atoms with E-state index in [-0.39, 0.29) is 24.1 Å². The van der Waals surface area contributed by atoms with Crippen molar-refractivity contribution in [3.05, 3.63) is 35.9 Å². The monoisotopic (exact) mass is 356 g/mol. The number of nitrogens with one attached hydrogen (secondary N) is 2. The Kier molecular flexibility index (Phi) is 9.99. The maximum absolute atomic E-state index is 11.9. The molecule has 6 heteroatoms. The molecule has 1 saturated heterocycles. The molecule has 0 saturated carbocycles. The van der Waals surface area contributed by atoms with E-state index >= 15 is 0 Å². The van der Waals surface area contributed by atoms with E-state index in [1.54, 1.807) is 12.1 Å². The van der Waals surface area contributed by atoms with Gasteiger partial charge >= 0.3 is 0 Å². The molecule has 0 spiro atoms.